The minimum Gasteiger partial charge on any atom is -0.444 e. The Morgan fingerprint density at radius 2 is 2.12 bits per heavy atom. The van der Waals surface area contributed by atoms with Crippen molar-refractivity contribution in [3.05, 3.63) is 53.7 Å². The summed E-state index contributed by atoms with van der Waals surface area (Å²) in [5, 5.41) is 0. The molecule has 0 amide bonds. The predicted molar refractivity (Wildman–Crippen MR) is 96.8 cm³/mol. The fraction of sp³-hybridized carbons (Fsp3) is 0.381. The van der Waals surface area contributed by atoms with Crippen LogP contribution in [0.1, 0.15) is 56.8 Å². The van der Waals surface area contributed by atoms with Crippen LogP contribution < -0.4 is 0 Å². The first-order valence-corrected chi connectivity index (χ1v) is 8.83. The lowest BCUT2D eigenvalue weighted by molar-refractivity contribution is -0.116. The van der Waals surface area contributed by atoms with Gasteiger partial charge in [0.15, 0.2) is 5.78 Å². The Morgan fingerprint density at radius 1 is 1.32 bits per heavy atom. The summed E-state index contributed by atoms with van der Waals surface area (Å²) in [7, 11) is 0. The van der Waals surface area contributed by atoms with Crippen LogP contribution in [0.2, 0.25) is 0 Å². The van der Waals surface area contributed by atoms with E-state index in [4.69, 9.17) is 4.42 Å². The van der Waals surface area contributed by atoms with Gasteiger partial charge in [0.1, 0.15) is 12.0 Å². The van der Waals surface area contributed by atoms with Crippen molar-refractivity contribution in [2.75, 3.05) is 0 Å². The molecule has 0 spiro atoms. The number of rotatable bonds is 4. The van der Waals surface area contributed by atoms with Crippen molar-refractivity contribution in [3.8, 4) is 11.5 Å². The van der Waals surface area contributed by atoms with Gasteiger partial charge >= 0.3 is 0 Å². The lowest BCUT2D eigenvalue weighted by Gasteiger charge is -2.24. The summed E-state index contributed by atoms with van der Waals surface area (Å²) in [5.74, 6) is 1.54. The van der Waals surface area contributed by atoms with E-state index in [0.717, 1.165) is 40.1 Å². The van der Waals surface area contributed by atoms with E-state index < -0.39 is 0 Å². The number of carbonyl (C=O) groups excluding carboxylic acids is 1. The van der Waals surface area contributed by atoms with Gasteiger partial charge in [0.2, 0.25) is 5.89 Å². The maximum atomic E-state index is 12.3. The Kier molecular flexibility index (Phi) is 3.91. The van der Waals surface area contributed by atoms with E-state index >= 15 is 0 Å². The number of oxazole rings is 1. The van der Waals surface area contributed by atoms with Crippen LogP contribution in [0.5, 0.6) is 0 Å². The Balaban J connectivity index is 1.66. The van der Waals surface area contributed by atoms with Crippen molar-refractivity contribution in [1.29, 1.82) is 0 Å². The highest BCUT2D eigenvalue weighted by molar-refractivity contribution is 6.03. The molecule has 0 aromatic carbocycles. The molecule has 0 saturated heterocycles. The number of Topliss-reactive ketones (excluding diaryl/α,β-unsaturated/α-hetero) is 1. The third-order valence-corrected chi connectivity index (χ3v) is 5.29. The molecule has 2 aromatic rings. The molecule has 0 bridgehead atoms. The first-order valence-electron chi connectivity index (χ1n) is 8.83. The topological polar surface area (TPSA) is 56.0 Å². The van der Waals surface area contributed by atoms with Crippen molar-refractivity contribution in [2.24, 2.45) is 5.92 Å². The number of nitrogens with zero attached hydrogens (tertiary/aromatic N) is 2. The summed E-state index contributed by atoms with van der Waals surface area (Å²) in [6, 6.07) is 3.99. The van der Waals surface area contributed by atoms with Crippen LogP contribution in [0.15, 0.2) is 46.7 Å². The van der Waals surface area contributed by atoms with E-state index in [0.29, 0.717) is 18.2 Å². The minimum absolute atomic E-state index is 0.179. The number of aromatic nitrogens is 2. The van der Waals surface area contributed by atoms with Crippen molar-refractivity contribution >= 4 is 11.4 Å². The molecule has 0 aliphatic heterocycles. The summed E-state index contributed by atoms with van der Waals surface area (Å²) >= 11 is 0. The van der Waals surface area contributed by atoms with E-state index in [1.807, 2.05) is 26.1 Å². The summed E-state index contributed by atoms with van der Waals surface area (Å²) in [6.07, 6.45) is 7.25. The highest BCUT2D eigenvalue weighted by Crippen LogP contribution is 2.40. The quantitative estimate of drug-likeness (QED) is 0.743. The smallest absolute Gasteiger partial charge is 0.226 e. The van der Waals surface area contributed by atoms with E-state index in [-0.39, 0.29) is 11.7 Å². The third-order valence-electron chi connectivity index (χ3n) is 5.29. The van der Waals surface area contributed by atoms with E-state index in [1.165, 1.54) is 12.8 Å². The zero-order chi connectivity index (χ0) is 17.6. The molecule has 128 valence electrons. The number of pyridine rings is 1. The van der Waals surface area contributed by atoms with Crippen LogP contribution in [0.3, 0.4) is 0 Å². The van der Waals surface area contributed by atoms with Gasteiger partial charge in [-0.1, -0.05) is 12.2 Å². The molecule has 2 aliphatic carbocycles. The summed E-state index contributed by atoms with van der Waals surface area (Å²) in [4.78, 5) is 21.4. The molecule has 0 N–H and O–H groups in total. The van der Waals surface area contributed by atoms with Gasteiger partial charge < -0.3 is 4.42 Å². The summed E-state index contributed by atoms with van der Waals surface area (Å²) in [5.41, 5.74) is 5.64. The molecule has 4 nitrogen and oxygen atoms in total. The number of hydrogen-bond donors (Lipinski definition) is 0. The monoisotopic (exact) mass is 334 g/mol. The van der Waals surface area contributed by atoms with Crippen LogP contribution >= 0.6 is 0 Å². The second kappa shape index (κ2) is 6.10. The van der Waals surface area contributed by atoms with Crippen molar-refractivity contribution in [3.63, 3.8) is 0 Å². The molecule has 25 heavy (non-hydrogen) atoms. The SMILES string of the molecule is C=C(C)C1CC(=O)C(C)=C(c2coc(-c3ccnc(C4CC4)c3)n2)C1. The van der Waals surface area contributed by atoms with E-state index in [9.17, 15) is 4.79 Å². The normalized spacial score (nSPS) is 20.9. The van der Waals surface area contributed by atoms with Crippen molar-refractivity contribution in [1.82, 2.24) is 9.97 Å². The average Bonchev–Trinajstić information content (AvgIpc) is 3.34. The van der Waals surface area contributed by atoms with Gasteiger partial charge in [-0.05, 0) is 62.3 Å². The van der Waals surface area contributed by atoms with Crippen LogP contribution in [0.25, 0.3) is 17.0 Å². The molecular formula is C21H22N2O2. The number of carbonyl (C=O) groups is 1. The first kappa shape index (κ1) is 16.0. The lowest BCUT2D eigenvalue weighted by Crippen LogP contribution is -2.18. The van der Waals surface area contributed by atoms with Gasteiger partial charge in [-0.25, -0.2) is 4.98 Å². The highest BCUT2D eigenvalue weighted by Gasteiger charge is 2.28. The van der Waals surface area contributed by atoms with E-state index in [2.05, 4.69) is 22.6 Å². The van der Waals surface area contributed by atoms with Crippen LogP contribution in [-0.4, -0.2) is 15.8 Å². The fourth-order valence-corrected chi connectivity index (χ4v) is 3.39. The van der Waals surface area contributed by atoms with Gasteiger partial charge in [-0.3, -0.25) is 9.78 Å². The first-order chi connectivity index (χ1) is 12.0. The molecule has 1 fully saturated rings. The van der Waals surface area contributed by atoms with Gasteiger partial charge in [-0.2, -0.15) is 0 Å². The van der Waals surface area contributed by atoms with Gasteiger partial charge in [0.05, 0.1) is 0 Å². The zero-order valence-electron chi connectivity index (χ0n) is 14.7. The molecule has 1 saturated carbocycles. The molecule has 4 heteroatoms. The lowest BCUT2D eigenvalue weighted by atomic mass is 9.79. The predicted octanol–water partition coefficient (Wildman–Crippen LogP) is 4.94. The Labute approximate surface area is 147 Å². The highest BCUT2D eigenvalue weighted by atomic mass is 16.3. The maximum Gasteiger partial charge on any atom is 0.226 e. The number of allylic oxidation sites excluding steroid dienone is 3. The fourth-order valence-electron chi connectivity index (χ4n) is 3.39. The van der Waals surface area contributed by atoms with Gasteiger partial charge in [0, 0.05) is 29.8 Å². The van der Waals surface area contributed by atoms with E-state index in [1.54, 1.807) is 6.26 Å². The average molecular weight is 334 g/mol. The minimum atomic E-state index is 0.179. The molecule has 2 heterocycles. The van der Waals surface area contributed by atoms with Gasteiger partial charge in [-0.15, -0.1) is 0 Å². The van der Waals surface area contributed by atoms with Crippen molar-refractivity contribution < 1.29 is 9.21 Å². The van der Waals surface area contributed by atoms with Crippen LogP contribution in [-0.2, 0) is 4.79 Å². The Hall–Kier alpha value is -2.49. The Bertz CT molecular complexity index is 887. The Morgan fingerprint density at radius 3 is 2.84 bits per heavy atom. The molecule has 2 aromatic heterocycles. The van der Waals surface area contributed by atoms with Gasteiger partial charge in [0.25, 0.3) is 0 Å². The largest absolute Gasteiger partial charge is 0.444 e. The maximum absolute atomic E-state index is 12.3. The second-order valence-electron chi connectivity index (χ2n) is 7.26. The van der Waals surface area contributed by atoms with Crippen LogP contribution in [0.4, 0.5) is 0 Å². The molecule has 1 atom stereocenters. The molecule has 4 rings (SSSR count). The number of hydrogen-bond acceptors (Lipinski definition) is 4. The third kappa shape index (κ3) is 3.09. The van der Waals surface area contributed by atoms with Crippen molar-refractivity contribution in [2.45, 2.75) is 45.4 Å². The van der Waals surface area contributed by atoms with Crippen LogP contribution in [0, 0.1) is 5.92 Å². The summed E-state index contributed by atoms with van der Waals surface area (Å²) < 4.78 is 5.73. The molecule has 2 aliphatic rings. The second-order valence-corrected chi connectivity index (χ2v) is 7.26. The number of ketones is 1. The standard InChI is InChI=1S/C21H22N2O2/c1-12(2)16-8-17(13(3)20(24)10-16)19-11-25-21(23-19)15-6-7-22-18(9-15)14-4-5-14/h6-7,9,11,14,16H,1,4-5,8,10H2,2-3H3. The summed E-state index contributed by atoms with van der Waals surface area (Å²) in [6.45, 7) is 7.90. The molecular weight excluding hydrogens is 312 g/mol. The molecule has 0 radical (unpaired) electrons. The molecule has 1 unspecified atom stereocenters. The zero-order valence-corrected chi connectivity index (χ0v) is 14.7.